The van der Waals surface area contributed by atoms with Crippen LogP contribution < -0.4 is 11.5 Å². The van der Waals surface area contributed by atoms with Crippen molar-refractivity contribution < 1.29 is 24.0 Å². The van der Waals surface area contributed by atoms with E-state index in [0.717, 1.165) is 0 Å². The summed E-state index contributed by atoms with van der Waals surface area (Å²) in [6.45, 7) is 1.22. The van der Waals surface area contributed by atoms with Crippen molar-refractivity contribution in [2.45, 2.75) is 31.8 Å². The van der Waals surface area contributed by atoms with Crippen molar-refractivity contribution in [1.29, 1.82) is 0 Å². The molecule has 0 spiro atoms. The van der Waals surface area contributed by atoms with Crippen LogP contribution >= 0.6 is 0 Å². The van der Waals surface area contributed by atoms with Gasteiger partial charge in [-0.05, 0) is 13.3 Å². The number of primary amides is 1. The zero-order valence-electron chi connectivity index (χ0n) is 8.72. The lowest BCUT2D eigenvalue weighted by atomic mass is 10.1. The van der Waals surface area contributed by atoms with E-state index in [4.69, 9.17) is 16.6 Å². The van der Waals surface area contributed by atoms with Crippen LogP contribution in [0.15, 0.2) is 0 Å². The fraction of sp³-hybridized carbons (Fsp3) is 0.625. The molecule has 0 fully saturated rings. The van der Waals surface area contributed by atoms with Crippen molar-refractivity contribution in [2.75, 3.05) is 0 Å². The van der Waals surface area contributed by atoms with Crippen LogP contribution in [0.5, 0.6) is 0 Å². The molecule has 8 heteroatoms. The Labute approximate surface area is 91.1 Å². The number of hydrogen-bond donors (Lipinski definition) is 3. The Hall–Kier alpha value is -1.70. The minimum absolute atomic E-state index is 0.330. The topological polar surface area (TPSA) is 127 Å². The molecule has 0 aromatic carbocycles. The van der Waals surface area contributed by atoms with Crippen molar-refractivity contribution in [2.24, 2.45) is 11.5 Å². The standard InChI is InChI=1S/C8H14FN3O4/c1-4(10)7(14)12(9)5(8(15)16)2-3-6(11)13/h4-5H,2-3,10H2,1H3,(H2,11,13)(H,15,16). The van der Waals surface area contributed by atoms with Gasteiger partial charge < -0.3 is 16.6 Å². The van der Waals surface area contributed by atoms with Gasteiger partial charge >= 0.3 is 5.97 Å². The van der Waals surface area contributed by atoms with Gasteiger partial charge in [0.15, 0.2) is 6.04 Å². The number of carbonyl (C=O) groups excluding carboxylic acids is 2. The van der Waals surface area contributed by atoms with Gasteiger partial charge in [-0.3, -0.25) is 9.59 Å². The summed E-state index contributed by atoms with van der Waals surface area (Å²) in [4.78, 5) is 32.2. The van der Waals surface area contributed by atoms with Crippen LogP contribution in [0.2, 0.25) is 0 Å². The Morgan fingerprint density at radius 1 is 1.44 bits per heavy atom. The second-order valence-electron chi connectivity index (χ2n) is 3.30. The van der Waals surface area contributed by atoms with Gasteiger partial charge in [0.1, 0.15) is 0 Å². The molecule has 0 rings (SSSR count). The van der Waals surface area contributed by atoms with E-state index in [1.54, 1.807) is 0 Å². The summed E-state index contributed by atoms with van der Waals surface area (Å²) in [7, 11) is 0. The molecule has 0 aliphatic carbocycles. The van der Waals surface area contributed by atoms with Gasteiger partial charge in [0.2, 0.25) is 5.91 Å². The van der Waals surface area contributed by atoms with Gasteiger partial charge in [-0.1, -0.05) is 4.48 Å². The largest absolute Gasteiger partial charge is 0.480 e. The van der Waals surface area contributed by atoms with Crippen LogP contribution in [-0.4, -0.2) is 40.1 Å². The van der Waals surface area contributed by atoms with Crippen LogP contribution in [0, 0.1) is 0 Å². The SMILES string of the molecule is CC(N)C(=O)N(F)C(CCC(N)=O)C(=O)O. The number of nitrogens with zero attached hydrogens (tertiary/aromatic N) is 1. The van der Waals surface area contributed by atoms with Crippen LogP contribution in [0.3, 0.4) is 0 Å². The third-order valence-electron chi connectivity index (χ3n) is 1.82. The predicted octanol–water partition coefficient (Wildman–Crippen LogP) is -1.23. The molecule has 2 unspecified atom stereocenters. The maximum absolute atomic E-state index is 13.3. The van der Waals surface area contributed by atoms with Crippen LogP contribution in [0.1, 0.15) is 19.8 Å². The third kappa shape index (κ3) is 4.22. The summed E-state index contributed by atoms with van der Waals surface area (Å²) >= 11 is 0. The van der Waals surface area contributed by atoms with Gasteiger partial charge in [0.05, 0.1) is 6.04 Å². The van der Waals surface area contributed by atoms with E-state index < -0.39 is 35.0 Å². The van der Waals surface area contributed by atoms with E-state index in [9.17, 15) is 18.9 Å². The van der Waals surface area contributed by atoms with Crippen molar-refractivity contribution in [1.82, 2.24) is 5.12 Å². The molecule has 5 N–H and O–H groups in total. The van der Waals surface area contributed by atoms with Gasteiger partial charge in [-0.25, -0.2) is 4.79 Å². The summed E-state index contributed by atoms with van der Waals surface area (Å²) in [5.41, 5.74) is 9.91. The van der Waals surface area contributed by atoms with E-state index in [0.29, 0.717) is 0 Å². The molecular weight excluding hydrogens is 221 g/mol. The predicted molar refractivity (Wildman–Crippen MR) is 51.5 cm³/mol. The molecule has 2 amide bonds. The van der Waals surface area contributed by atoms with E-state index in [1.807, 2.05) is 0 Å². The molecule has 0 aliphatic rings. The quantitative estimate of drug-likeness (QED) is 0.496. The first kappa shape index (κ1) is 14.3. The van der Waals surface area contributed by atoms with Gasteiger partial charge in [0.25, 0.3) is 5.91 Å². The molecule has 0 heterocycles. The lowest BCUT2D eigenvalue weighted by Gasteiger charge is -2.20. The molecule has 92 valence electrons. The van der Waals surface area contributed by atoms with Gasteiger partial charge in [0, 0.05) is 6.42 Å². The number of rotatable bonds is 6. The first-order chi connectivity index (χ1) is 7.27. The van der Waals surface area contributed by atoms with E-state index in [2.05, 4.69) is 0 Å². The smallest absolute Gasteiger partial charge is 0.329 e. The van der Waals surface area contributed by atoms with Crippen molar-refractivity contribution >= 4 is 17.8 Å². The number of nitrogens with two attached hydrogens (primary N) is 2. The molecule has 0 aliphatic heterocycles. The van der Waals surface area contributed by atoms with Gasteiger partial charge in [-0.15, -0.1) is 0 Å². The van der Waals surface area contributed by atoms with E-state index in [1.165, 1.54) is 6.92 Å². The highest BCUT2D eigenvalue weighted by atomic mass is 19.2. The Kier molecular flexibility index (Phi) is 5.37. The molecule has 0 bridgehead atoms. The molecular formula is C8H14FN3O4. The highest BCUT2D eigenvalue weighted by Gasteiger charge is 2.31. The number of carboxylic acid groups (broad SMARTS) is 1. The average Bonchev–Trinajstić information content (AvgIpc) is 2.15. The third-order valence-corrected chi connectivity index (χ3v) is 1.82. The summed E-state index contributed by atoms with van der Waals surface area (Å²) in [6, 6.07) is -2.90. The summed E-state index contributed by atoms with van der Waals surface area (Å²) in [6.07, 6.45) is -0.719. The number of aliphatic carboxylic acids is 1. The average molecular weight is 235 g/mol. The van der Waals surface area contributed by atoms with E-state index >= 15 is 0 Å². The summed E-state index contributed by atoms with van der Waals surface area (Å²) in [5.74, 6) is -3.48. The number of hydrogen-bond acceptors (Lipinski definition) is 4. The maximum Gasteiger partial charge on any atom is 0.329 e. The van der Waals surface area contributed by atoms with Crippen molar-refractivity contribution in [3.05, 3.63) is 0 Å². The van der Waals surface area contributed by atoms with Crippen molar-refractivity contribution in [3.63, 3.8) is 0 Å². The van der Waals surface area contributed by atoms with E-state index in [-0.39, 0.29) is 12.8 Å². The lowest BCUT2D eigenvalue weighted by Crippen LogP contribution is -2.46. The molecule has 0 saturated heterocycles. The molecule has 0 saturated carbocycles. The molecule has 7 nitrogen and oxygen atoms in total. The summed E-state index contributed by atoms with van der Waals surface area (Å²) in [5, 5.41) is 8.18. The first-order valence-electron chi connectivity index (χ1n) is 4.53. The number of carbonyl (C=O) groups is 3. The Balaban J connectivity index is 4.59. The Bertz CT molecular complexity index is 295. The minimum atomic E-state index is -1.74. The molecule has 0 radical (unpaired) electrons. The van der Waals surface area contributed by atoms with Crippen molar-refractivity contribution in [3.8, 4) is 0 Å². The fourth-order valence-electron chi connectivity index (χ4n) is 0.961. The molecule has 2 atom stereocenters. The second kappa shape index (κ2) is 6.01. The Morgan fingerprint density at radius 2 is 1.94 bits per heavy atom. The van der Waals surface area contributed by atoms with Crippen LogP contribution in [-0.2, 0) is 14.4 Å². The zero-order chi connectivity index (χ0) is 12.9. The normalized spacial score (nSPS) is 13.9. The summed E-state index contributed by atoms with van der Waals surface area (Å²) < 4.78 is 13.3. The van der Waals surface area contributed by atoms with Crippen LogP contribution in [0.25, 0.3) is 0 Å². The monoisotopic (exact) mass is 235 g/mol. The molecule has 0 aromatic rings. The maximum atomic E-state index is 13.3. The number of amides is 2. The van der Waals surface area contributed by atoms with Crippen LogP contribution in [0.4, 0.5) is 4.48 Å². The van der Waals surface area contributed by atoms with Gasteiger partial charge in [-0.2, -0.15) is 5.12 Å². The minimum Gasteiger partial charge on any atom is -0.480 e. The fourth-order valence-corrected chi connectivity index (χ4v) is 0.961. The first-order valence-corrected chi connectivity index (χ1v) is 4.53. The highest BCUT2D eigenvalue weighted by Crippen LogP contribution is 2.09. The molecule has 0 aromatic heterocycles. The second-order valence-corrected chi connectivity index (χ2v) is 3.30. The highest BCUT2D eigenvalue weighted by molar-refractivity contribution is 5.86. The Morgan fingerprint density at radius 3 is 2.25 bits per heavy atom. The zero-order valence-corrected chi connectivity index (χ0v) is 8.72. The lowest BCUT2D eigenvalue weighted by molar-refractivity contribution is -0.167. The number of carboxylic acids is 1. The number of halogens is 1. The molecule has 16 heavy (non-hydrogen) atoms.